The summed E-state index contributed by atoms with van der Waals surface area (Å²) < 4.78 is 7.09. The normalized spacial score (nSPS) is 11.6. The van der Waals surface area contributed by atoms with Gasteiger partial charge in [-0.3, -0.25) is 9.36 Å². The summed E-state index contributed by atoms with van der Waals surface area (Å²) in [6, 6.07) is 8.66. The smallest absolute Gasteiger partial charge is 0.247 e. The van der Waals surface area contributed by atoms with E-state index in [0.717, 1.165) is 0 Å². The maximum atomic E-state index is 12.8. The lowest BCUT2D eigenvalue weighted by Crippen LogP contribution is -2.27. The summed E-state index contributed by atoms with van der Waals surface area (Å²) >= 11 is 1.19. The van der Waals surface area contributed by atoms with Crippen molar-refractivity contribution in [3.63, 3.8) is 0 Å². The number of carbonyl (C=O) groups is 1. The first-order chi connectivity index (χ1) is 12.1. The van der Waals surface area contributed by atoms with E-state index in [2.05, 4.69) is 15.5 Å². The first-order valence-corrected chi connectivity index (χ1v) is 8.83. The highest BCUT2D eigenvalue weighted by atomic mass is 32.2. The molecule has 3 N–H and O–H groups in total. The van der Waals surface area contributed by atoms with E-state index in [-0.39, 0.29) is 17.6 Å². The predicted molar refractivity (Wildman–Crippen MR) is 96.3 cm³/mol. The molecular weight excluding hydrogens is 340 g/mol. The maximum absolute atomic E-state index is 12.8. The summed E-state index contributed by atoms with van der Waals surface area (Å²) in [6.07, 6.45) is 0.491. The number of carbonyl (C=O) groups excluding carboxylic acids is 1. The van der Waals surface area contributed by atoms with Crippen molar-refractivity contribution in [2.75, 3.05) is 23.4 Å². The van der Waals surface area contributed by atoms with E-state index in [0.29, 0.717) is 29.6 Å². The second-order valence-electron chi connectivity index (χ2n) is 5.00. The number of para-hydroxylation sites is 2. The number of aromatic nitrogens is 3. The average molecular weight is 360 g/mol. The second-order valence-corrected chi connectivity index (χ2v) is 5.94. The molecular formula is C16H20N6O2S. The summed E-state index contributed by atoms with van der Waals surface area (Å²) in [7, 11) is 0. The van der Waals surface area contributed by atoms with Crippen LogP contribution in [0.15, 0.2) is 29.4 Å². The van der Waals surface area contributed by atoms with Gasteiger partial charge in [0.2, 0.25) is 11.9 Å². The molecule has 9 heteroatoms. The van der Waals surface area contributed by atoms with Crippen LogP contribution in [-0.2, 0) is 4.79 Å². The molecule has 1 aromatic heterocycles. The fraction of sp³-hybridized carbons (Fsp3) is 0.375. The predicted octanol–water partition coefficient (Wildman–Crippen LogP) is 2.46. The van der Waals surface area contributed by atoms with Gasteiger partial charge in [0.1, 0.15) is 11.8 Å². The number of amides is 1. The number of nitrogen functional groups attached to an aromatic ring is 1. The van der Waals surface area contributed by atoms with E-state index >= 15 is 0 Å². The van der Waals surface area contributed by atoms with E-state index < -0.39 is 6.04 Å². The highest BCUT2D eigenvalue weighted by Crippen LogP contribution is 2.28. The molecule has 0 bridgehead atoms. The van der Waals surface area contributed by atoms with Crippen molar-refractivity contribution in [3.05, 3.63) is 24.3 Å². The number of rotatable bonds is 8. The molecule has 0 aliphatic carbocycles. The Labute approximate surface area is 150 Å². The highest BCUT2D eigenvalue weighted by Gasteiger charge is 2.25. The van der Waals surface area contributed by atoms with Gasteiger partial charge in [0, 0.05) is 0 Å². The number of ether oxygens (including phenoxy) is 1. The van der Waals surface area contributed by atoms with Crippen molar-refractivity contribution >= 4 is 29.3 Å². The summed E-state index contributed by atoms with van der Waals surface area (Å²) in [5.74, 6) is 0.688. The van der Waals surface area contributed by atoms with E-state index in [9.17, 15) is 4.79 Å². The molecule has 0 aliphatic heterocycles. The Kier molecular flexibility index (Phi) is 6.65. The number of nitrogens with one attached hydrogen (secondary N) is 1. The van der Waals surface area contributed by atoms with Gasteiger partial charge in [-0.05, 0) is 25.5 Å². The third kappa shape index (κ3) is 4.42. The van der Waals surface area contributed by atoms with E-state index in [1.807, 2.05) is 32.0 Å². The van der Waals surface area contributed by atoms with Gasteiger partial charge in [0.15, 0.2) is 5.16 Å². The molecule has 2 rings (SSSR count). The lowest BCUT2D eigenvalue weighted by atomic mass is 10.2. The van der Waals surface area contributed by atoms with Crippen LogP contribution in [0.2, 0.25) is 0 Å². The molecule has 0 radical (unpaired) electrons. The number of benzene rings is 1. The Morgan fingerprint density at radius 2 is 2.20 bits per heavy atom. The fourth-order valence-electron chi connectivity index (χ4n) is 2.33. The van der Waals surface area contributed by atoms with Gasteiger partial charge < -0.3 is 15.8 Å². The quantitative estimate of drug-likeness (QED) is 0.694. The fourth-order valence-corrected chi connectivity index (χ4v) is 2.98. The van der Waals surface area contributed by atoms with Crippen LogP contribution < -0.4 is 15.8 Å². The molecule has 1 amide bonds. The van der Waals surface area contributed by atoms with E-state index in [4.69, 9.17) is 15.7 Å². The molecule has 0 aliphatic rings. The summed E-state index contributed by atoms with van der Waals surface area (Å²) in [6.45, 7) is 4.25. The number of nitrogens with zero attached hydrogens (tertiary/aromatic N) is 4. The monoisotopic (exact) mass is 360 g/mol. The van der Waals surface area contributed by atoms with Gasteiger partial charge in [-0.1, -0.05) is 30.8 Å². The largest absolute Gasteiger partial charge is 0.492 e. The Balaban J connectivity index is 2.26. The number of nitriles is 1. The van der Waals surface area contributed by atoms with Gasteiger partial charge in [0.05, 0.1) is 24.1 Å². The molecule has 1 unspecified atom stereocenters. The minimum Gasteiger partial charge on any atom is -0.492 e. The molecule has 0 fully saturated rings. The summed E-state index contributed by atoms with van der Waals surface area (Å²) in [4.78, 5) is 12.8. The molecule has 0 saturated carbocycles. The number of hydrogen-bond donors (Lipinski definition) is 2. The molecule has 0 saturated heterocycles. The molecule has 1 aromatic carbocycles. The van der Waals surface area contributed by atoms with Crippen LogP contribution in [0.5, 0.6) is 5.75 Å². The minimum atomic E-state index is -0.592. The topological polar surface area (TPSA) is 119 Å². The standard InChI is InChI=1S/C16H20N6O2S/c1-3-12(22-15(18)20-21-16(22)25-10-9-17)14(23)19-11-7-5-6-8-13(11)24-4-2/h5-8,12H,3-4,10H2,1-2H3,(H2,18,20)(H,19,23). The van der Waals surface area contributed by atoms with Gasteiger partial charge >= 0.3 is 0 Å². The third-order valence-corrected chi connectivity index (χ3v) is 4.21. The highest BCUT2D eigenvalue weighted by molar-refractivity contribution is 7.99. The Hall–Kier alpha value is -2.73. The maximum Gasteiger partial charge on any atom is 0.247 e. The SMILES string of the molecule is CCOc1ccccc1NC(=O)C(CC)n1c(N)nnc1SCC#N. The van der Waals surface area contributed by atoms with Gasteiger partial charge in [0.25, 0.3) is 0 Å². The van der Waals surface area contributed by atoms with Gasteiger partial charge in [-0.2, -0.15) is 5.26 Å². The van der Waals surface area contributed by atoms with Crippen molar-refractivity contribution < 1.29 is 9.53 Å². The minimum absolute atomic E-state index is 0.139. The van der Waals surface area contributed by atoms with Crippen LogP contribution in [0.25, 0.3) is 0 Å². The van der Waals surface area contributed by atoms with E-state index in [1.54, 1.807) is 16.7 Å². The van der Waals surface area contributed by atoms with Gasteiger partial charge in [-0.25, -0.2) is 0 Å². The molecule has 0 spiro atoms. The summed E-state index contributed by atoms with van der Waals surface area (Å²) in [5.41, 5.74) is 6.48. The van der Waals surface area contributed by atoms with Crippen molar-refractivity contribution in [2.45, 2.75) is 31.5 Å². The Bertz CT molecular complexity index is 770. The molecule has 1 atom stereocenters. The number of anilines is 2. The Morgan fingerprint density at radius 1 is 1.44 bits per heavy atom. The second kappa shape index (κ2) is 8.94. The summed E-state index contributed by atoms with van der Waals surface area (Å²) in [5, 5.41) is 19.9. The molecule has 2 aromatic rings. The van der Waals surface area contributed by atoms with Crippen molar-refractivity contribution in [2.24, 2.45) is 0 Å². The Morgan fingerprint density at radius 3 is 2.88 bits per heavy atom. The van der Waals surface area contributed by atoms with Crippen LogP contribution >= 0.6 is 11.8 Å². The first-order valence-electron chi connectivity index (χ1n) is 7.85. The zero-order valence-corrected chi connectivity index (χ0v) is 14.9. The van der Waals surface area contributed by atoms with Gasteiger partial charge in [-0.15, -0.1) is 10.2 Å². The van der Waals surface area contributed by atoms with Crippen LogP contribution in [0, 0.1) is 11.3 Å². The average Bonchev–Trinajstić information content (AvgIpc) is 2.96. The van der Waals surface area contributed by atoms with E-state index in [1.165, 1.54) is 11.8 Å². The zero-order valence-electron chi connectivity index (χ0n) is 14.1. The number of nitrogens with two attached hydrogens (primary N) is 1. The van der Waals surface area contributed by atoms with Crippen LogP contribution in [0.4, 0.5) is 11.6 Å². The number of thioether (sulfide) groups is 1. The third-order valence-electron chi connectivity index (χ3n) is 3.40. The first kappa shape index (κ1) is 18.6. The molecule has 1 heterocycles. The molecule has 25 heavy (non-hydrogen) atoms. The lowest BCUT2D eigenvalue weighted by Gasteiger charge is -2.19. The molecule has 132 valence electrons. The zero-order chi connectivity index (χ0) is 18.2. The van der Waals surface area contributed by atoms with Crippen LogP contribution in [0.3, 0.4) is 0 Å². The van der Waals surface area contributed by atoms with Crippen molar-refractivity contribution in [1.29, 1.82) is 5.26 Å². The lowest BCUT2D eigenvalue weighted by molar-refractivity contribution is -0.119. The molecule has 8 nitrogen and oxygen atoms in total. The van der Waals surface area contributed by atoms with Crippen LogP contribution in [0.1, 0.15) is 26.3 Å². The number of hydrogen-bond acceptors (Lipinski definition) is 7. The van der Waals surface area contributed by atoms with Crippen LogP contribution in [-0.4, -0.2) is 33.0 Å². The van der Waals surface area contributed by atoms with Crippen molar-refractivity contribution in [1.82, 2.24) is 14.8 Å². The van der Waals surface area contributed by atoms with Crippen molar-refractivity contribution in [3.8, 4) is 11.8 Å².